The van der Waals surface area contributed by atoms with Crippen LogP contribution >= 0.6 is 11.3 Å². The summed E-state index contributed by atoms with van der Waals surface area (Å²) < 4.78 is 4.55. The number of methoxy groups -OCH3 is 1. The molecule has 2 aromatic rings. The second-order valence-corrected chi connectivity index (χ2v) is 4.50. The van der Waals surface area contributed by atoms with E-state index in [1.807, 2.05) is 0 Å². The van der Waals surface area contributed by atoms with Crippen molar-refractivity contribution in [1.82, 2.24) is 15.0 Å². The summed E-state index contributed by atoms with van der Waals surface area (Å²) in [4.78, 5) is 35.2. The number of rotatable bonds is 3. The monoisotopic (exact) mass is 278 g/mol. The molecule has 0 saturated heterocycles. The highest BCUT2D eigenvalue weighted by atomic mass is 32.1. The largest absolute Gasteiger partial charge is 0.465 e. The Balaban J connectivity index is 2.11. The molecule has 0 bridgehead atoms. The lowest BCUT2D eigenvalue weighted by Gasteiger charge is -2.00. The molecule has 0 radical (unpaired) electrons. The van der Waals surface area contributed by atoms with Gasteiger partial charge in [-0.05, 0) is 13.0 Å². The predicted octanol–water partition coefficient (Wildman–Crippen LogP) is 1.28. The maximum atomic E-state index is 11.9. The molecule has 0 aliphatic carbocycles. The number of thiazole rings is 1. The lowest BCUT2D eigenvalue weighted by molar-refractivity contribution is 0.0606. The molecule has 0 aliphatic heterocycles. The van der Waals surface area contributed by atoms with Gasteiger partial charge in [0.25, 0.3) is 5.91 Å². The number of nitrogens with one attached hydrogen (secondary N) is 1. The zero-order valence-electron chi connectivity index (χ0n) is 10.2. The summed E-state index contributed by atoms with van der Waals surface area (Å²) in [6, 6.07) is 1.50. The third kappa shape index (κ3) is 3.10. The first-order valence-electron chi connectivity index (χ1n) is 5.25. The van der Waals surface area contributed by atoms with E-state index in [1.54, 1.807) is 6.92 Å². The molecule has 2 heterocycles. The van der Waals surface area contributed by atoms with Crippen molar-refractivity contribution in [3.05, 3.63) is 34.9 Å². The number of hydrogen-bond donors (Lipinski definition) is 1. The Morgan fingerprint density at radius 1 is 1.37 bits per heavy atom. The molecule has 8 heteroatoms. The number of esters is 1. The summed E-state index contributed by atoms with van der Waals surface area (Å²) in [6.45, 7) is 1.69. The molecular weight excluding hydrogens is 268 g/mol. The first-order valence-corrected chi connectivity index (χ1v) is 6.07. The zero-order chi connectivity index (χ0) is 13.8. The fraction of sp³-hybridized carbons (Fsp3) is 0.182. The van der Waals surface area contributed by atoms with Gasteiger partial charge in [-0.1, -0.05) is 11.3 Å². The highest BCUT2D eigenvalue weighted by Crippen LogP contribution is 2.19. The van der Waals surface area contributed by atoms with Crippen LogP contribution in [0.4, 0.5) is 5.13 Å². The highest BCUT2D eigenvalue weighted by molar-refractivity contribution is 7.17. The van der Waals surface area contributed by atoms with Gasteiger partial charge in [-0.3, -0.25) is 10.1 Å². The van der Waals surface area contributed by atoms with Gasteiger partial charge in [-0.25, -0.2) is 19.7 Å². The minimum atomic E-state index is -0.490. The maximum absolute atomic E-state index is 11.9. The lowest BCUT2D eigenvalue weighted by Crippen LogP contribution is -2.14. The van der Waals surface area contributed by atoms with Gasteiger partial charge in [0.2, 0.25) is 0 Å². The Bertz CT molecular complexity index is 626. The third-order valence-corrected chi connectivity index (χ3v) is 3.01. The Kier molecular flexibility index (Phi) is 3.81. The molecule has 7 nitrogen and oxygen atoms in total. The van der Waals surface area contributed by atoms with E-state index in [1.165, 1.54) is 25.6 Å². The number of ether oxygens (including phenoxy) is 1. The van der Waals surface area contributed by atoms with Crippen LogP contribution in [-0.4, -0.2) is 33.9 Å². The number of carbonyl (C=O) groups excluding carboxylic acids is 2. The zero-order valence-corrected chi connectivity index (χ0v) is 11.0. The summed E-state index contributed by atoms with van der Waals surface area (Å²) in [7, 11) is 1.28. The average Bonchev–Trinajstić information content (AvgIpc) is 2.86. The summed E-state index contributed by atoms with van der Waals surface area (Å²) in [5.74, 6) is -0.394. The van der Waals surface area contributed by atoms with Gasteiger partial charge in [0.1, 0.15) is 16.4 Å². The van der Waals surface area contributed by atoms with E-state index in [-0.39, 0.29) is 5.69 Å². The van der Waals surface area contributed by atoms with Crippen molar-refractivity contribution in [3.8, 4) is 0 Å². The predicted molar refractivity (Wildman–Crippen MR) is 68.2 cm³/mol. The molecule has 1 N–H and O–H groups in total. The van der Waals surface area contributed by atoms with Gasteiger partial charge in [0.05, 0.1) is 13.3 Å². The van der Waals surface area contributed by atoms with E-state index in [2.05, 4.69) is 25.0 Å². The SMILES string of the molecule is COC(=O)c1cnc(NC(=O)c2ccnc(C)n2)s1. The van der Waals surface area contributed by atoms with Gasteiger partial charge in [-0.15, -0.1) is 0 Å². The minimum absolute atomic E-state index is 0.238. The normalized spacial score (nSPS) is 10.0. The summed E-state index contributed by atoms with van der Waals surface area (Å²) in [5, 5.41) is 2.86. The van der Waals surface area contributed by atoms with E-state index in [0.29, 0.717) is 15.8 Å². The van der Waals surface area contributed by atoms with Crippen LogP contribution in [0.3, 0.4) is 0 Å². The van der Waals surface area contributed by atoms with Crippen LogP contribution in [0.1, 0.15) is 26.0 Å². The van der Waals surface area contributed by atoms with E-state index in [4.69, 9.17) is 0 Å². The van der Waals surface area contributed by atoms with Crippen molar-refractivity contribution in [2.75, 3.05) is 12.4 Å². The summed E-state index contributed by atoms with van der Waals surface area (Å²) in [5.41, 5.74) is 0.238. The van der Waals surface area contributed by atoms with Crippen LogP contribution in [0.25, 0.3) is 0 Å². The summed E-state index contributed by atoms with van der Waals surface area (Å²) >= 11 is 1.03. The van der Waals surface area contributed by atoms with Gasteiger partial charge in [0.15, 0.2) is 5.13 Å². The minimum Gasteiger partial charge on any atom is -0.465 e. The molecule has 0 aliphatic rings. The fourth-order valence-corrected chi connectivity index (χ4v) is 2.00. The first-order chi connectivity index (χ1) is 9.10. The molecule has 1 amide bonds. The smallest absolute Gasteiger partial charge is 0.349 e. The van der Waals surface area contributed by atoms with Crippen molar-refractivity contribution < 1.29 is 14.3 Å². The van der Waals surface area contributed by atoms with Gasteiger partial charge < -0.3 is 4.74 Å². The van der Waals surface area contributed by atoms with Gasteiger partial charge in [0, 0.05) is 6.20 Å². The van der Waals surface area contributed by atoms with Crippen LogP contribution in [-0.2, 0) is 4.74 Å². The average molecular weight is 278 g/mol. The topological polar surface area (TPSA) is 94.1 Å². The Morgan fingerprint density at radius 3 is 2.84 bits per heavy atom. The number of aromatic nitrogens is 3. The molecule has 98 valence electrons. The van der Waals surface area contributed by atoms with Crippen molar-refractivity contribution in [3.63, 3.8) is 0 Å². The number of carbonyl (C=O) groups is 2. The van der Waals surface area contributed by atoms with Crippen LogP contribution in [0.15, 0.2) is 18.5 Å². The van der Waals surface area contributed by atoms with Crippen molar-refractivity contribution in [1.29, 1.82) is 0 Å². The molecule has 0 aromatic carbocycles. The van der Waals surface area contributed by atoms with Gasteiger partial charge in [-0.2, -0.15) is 0 Å². The molecule has 0 saturated carbocycles. The Morgan fingerprint density at radius 2 is 2.16 bits per heavy atom. The van der Waals surface area contributed by atoms with Crippen LogP contribution in [0, 0.1) is 6.92 Å². The second-order valence-electron chi connectivity index (χ2n) is 3.46. The van der Waals surface area contributed by atoms with E-state index in [0.717, 1.165) is 11.3 Å². The first kappa shape index (κ1) is 13.1. The molecule has 0 unspecified atom stereocenters. The molecular formula is C11H10N4O3S. The number of amides is 1. The molecule has 0 spiro atoms. The van der Waals surface area contributed by atoms with Crippen molar-refractivity contribution in [2.24, 2.45) is 0 Å². The quantitative estimate of drug-likeness (QED) is 0.850. The number of nitrogens with zero attached hydrogens (tertiary/aromatic N) is 3. The van der Waals surface area contributed by atoms with Crippen molar-refractivity contribution >= 4 is 28.3 Å². The van der Waals surface area contributed by atoms with Crippen LogP contribution in [0.5, 0.6) is 0 Å². The van der Waals surface area contributed by atoms with E-state index in [9.17, 15) is 9.59 Å². The Labute approximate surface area is 112 Å². The molecule has 19 heavy (non-hydrogen) atoms. The second kappa shape index (κ2) is 5.53. The number of aryl methyl sites for hydroxylation is 1. The molecule has 2 rings (SSSR count). The third-order valence-electron chi connectivity index (χ3n) is 2.12. The van der Waals surface area contributed by atoms with Gasteiger partial charge >= 0.3 is 5.97 Å². The molecule has 0 atom stereocenters. The van der Waals surface area contributed by atoms with Crippen molar-refractivity contribution in [2.45, 2.75) is 6.92 Å². The fourth-order valence-electron chi connectivity index (χ4n) is 1.27. The van der Waals surface area contributed by atoms with E-state index < -0.39 is 11.9 Å². The van der Waals surface area contributed by atoms with Crippen LogP contribution < -0.4 is 5.32 Å². The van der Waals surface area contributed by atoms with E-state index >= 15 is 0 Å². The van der Waals surface area contributed by atoms with Crippen LogP contribution in [0.2, 0.25) is 0 Å². The summed E-state index contributed by atoms with van der Waals surface area (Å²) in [6.07, 6.45) is 2.84. The number of anilines is 1. The Hall–Kier alpha value is -2.35. The molecule has 2 aromatic heterocycles. The highest BCUT2D eigenvalue weighted by Gasteiger charge is 2.14. The maximum Gasteiger partial charge on any atom is 0.349 e. The lowest BCUT2D eigenvalue weighted by atomic mass is 10.4. The molecule has 0 fully saturated rings. The standard InChI is InChI=1S/C11H10N4O3S/c1-6-12-4-3-7(14-6)9(16)15-11-13-5-8(19-11)10(17)18-2/h3-5H,1-2H3,(H,13,15,16). The number of hydrogen-bond acceptors (Lipinski definition) is 7.